The SMILES string of the molecule is C=C(Br)C[C@H](NC(=O)[C@@H](O)CC(C)C)C(=O)OC. The third kappa shape index (κ3) is 6.76. The van der Waals surface area contributed by atoms with Crippen LogP contribution in [0.3, 0.4) is 0 Å². The number of aliphatic hydroxyl groups excluding tert-OH is 1. The lowest BCUT2D eigenvalue weighted by Crippen LogP contribution is -2.46. The lowest BCUT2D eigenvalue weighted by Gasteiger charge is -2.19. The number of nitrogens with one attached hydrogen (secondary N) is 1. The minimum atomic E-state index is -1.12. The minimum absolute atomic E-state index is 0.188. The van der Waals surface area contributed by atoms with Crippen molar-refractivity contribution in [2.45, 2.75) is 38.8 Å². The fraction of sp³-hybridized carbons (Fsp3) is 0.667. The topological polar surface area (TPSA) is 75.6 Å². The van der Waals surface area contributed by atoms with E-state index in [2.05, 4.69) is 32.6 Å². The number of ether oxygens (including phenoxy) is 1. The quantitative estimate of drug-likeness (QED) is 0.694. The van der Waals surface area contributed by atoms with Crippen LogP contribution in [0.4, 0.5) is 0 Å². The summed E-state index contributed by atoms with van der Waals surface area (Å²) in [5, 5.41) is 12.1. The highest BCUT2D eigenvalue weighted by molar-refractivity contribution is 9.11. The molecule has 1 amide bonds. The Bertz CT molecular complexity index is 317. The molecule has 18 heavy (non-hydrogen) atoms. The second kappa shape index (κ2) is 8.26. The summed E-state index contributed by atoms with van der Waals surface area (Å²) in [6.07, 6.45) is -0.567. The fourth-order valence-corrected chi connectivity index (χ4v) is 1.70. The van der Waals surface area contributed by atoms with Crippen LogP contribution >= 0.6 is 15.9 Å². The van der Waals surface area contributed by atoms with Gasteiger partial charge in [-0.05, 0) is 16.8 Å². The summed E-state index contributed by atoms with van der Waals surface area (Å²) in [5.41, 5.74) is 0. The first-order valence-corrected chi connectivity index (χ1v) is 6.46. The molecule has 0 aromatic rings. The average molecular weight is 322 g/mol. The lowest BCUT2D eigenvalue weighted by atomic mass is 10.1. The highest BCUT2D eigenvalue weighted by Crippen LogP contribution is 2.12. The molecule has 2 N–H and O–H groups in total. The van der Waals surface area contributed by atoms with Gasteiger partial charge in [-0.2, -0.15) is 0 Å². The molecule has 0 aliphatic rings. The van der Waals surface area contributed by atoms with Crippen molar-refractivity contribution in [2.75, 3.05) is 7.11 Å². The third-order valence-electron chi connectivity index (χ3n) is 2.23. The number of halogens is 1. The predicted octanol–water partition coefficient (Wildman–Crippen LogP) is 1.35. The van der Waals surface area contributed by atoms with Crippen LogP contribution in [0.5, 0.6) is 0 Å². The van der Waals surface area contributed by atoms with E-state index in [4.69, 9.17) is 0 Å². The lowest BCUT2D eigenvalue weighted by molar-refractivity contribution is -0.146. The van der Waals surface area contributed by atoms with Gasteiger partial charge in [-0.25, -0.2) is 4.79 Å². The van der Waals surface area contributed by atoms with E-state index in [0.29, 0.717) is 10.9 Å². The van der Waals surface area contributed by atoms with Gasteiger partial charge in [0.1, 0.15) is 12.1 Å². The van der Waals surface area contributed by atoms with Gasteiger partial charge < -0.3 is 15.2 Å². The average Bonchev–Trinajstić information content (AvgIpc) is 2.25. The standard InChI is InChI=1S/C12H20BrNO4/c1-7(2)5-10(15)11(16)14-9(6-8(3)13)12(17)18-4/h7,9-10,15H,3,5-6H2,1-2,4H3,(H,14,16)/t9-,10-/m0/s1. The van der Waals surface area contributed by atoms with Crippen LogP contribution in [-0.4, -0.2) is 36.2 Å². The van der Waals surface area contributed by atoms with Crippen molar-refractivity contribution < 1.29 is 19.4 Å². The molecule has 2 atom stereocenters. The van der Waals surface area contributed by atoms with Gasteiger partial charge in [0.05, 0.1) is 7.11 Å². The monoisotopic (exact) mass is 321 g/mol. The maximum atomic E-state index is 11.7. The highest BCUT2D eigenvalue weighted by atomic mass is 79.9. The first kappa shape index (κ1) is 17.1. The van der Waals surface area contributed by atoms with Crippen LogP contribution in [0.25, 0.3) is 0 Å². The van der Waals surface area contributed by atoms with Crippen molar-refractivity contribution in [2.24, 2.45) is 5.92 Å². The molecule has 0 fully saturated rings. The molecule has 0 saturated carbocycles. The molecule has 6 heteroatoms. The summed E-state index contributed by atoms with van der Waals surface area (Å²) in [6, 6.07) is -0.837. The molecule has 104 valence electrons. The summed E-state index contributed by atoms with van der Waals surface area (Å²) in [6.45, 7) is 7.40. The second-order valence-electron chi connectivity index (χ2n) is 4.45. The smallest absolute Gasteiger partial charge is 0.328 e. The number of rotatable bonds is 7. The zero-order valence-corrected chi connectivity index (χ0v) is 12.5. The van der Waals surface area contributed by atoms with Crippen molar-refractivity contribution >= 4 is 27.8 Å². The number of aliphatic hydroxyl groups is 1. The van der Waals surface area contributed by atoms with Crippen molar-refractivity contribution in [3.05, 3.63) is 11.1 Å². The Hall–Kier alpha value is -0.880. The fourth-order valence-electron chi connectivity index (χ4n) is 1.38. The first-order valence-electron chi connectivity index (χ1n) is 5.67. The van der Waals surface area contributed by atoms with Gasteiger partial charge in [0.25, 0.3) is 0 Å². The maximum absolute atomic E-state index is 11.7. The van der Waals surface area contributed by atoms with Crippen LogP contribution in [0.15, 0.2) is 11.1 Å². The van der Waals surface area contributed by atoms with E-state index in [1.54, 1.807) is 0 Å². The van der Waals surface area contributed by atoms with Crippen LogP contribution in [0.2, 0.25) is 0 Å². The Morgan fingerprint density at radius 1 is 1.44 bits per heavy atom. The Balaban J connectivity index is 4.52. The number of hydrogen-bond acceptors (Lipinski definition) is 4. The van der Waals surface area contributed by atoms with Crippen molar-refractivity contribution in [1.29, 1.82) is 0 Å². The van der Waals surface area contributed by atoms with E-state index in [1.165, 1.54) is 7.11 Å². The summed E-state index contributed by atoms with van der Waals surface area (Å²) in [5.74, 6) is -0.956. The van der Waals surface area contributed by atoms with Crippen LogP contribution in [-0.2, 0) is 14.3 Å². The summed E-state index contributed by atoms with van der Waals surface area (Å²) >= 11 is 3.12. The zero-order valence-electron chi connectivity index (χ0n) is 10.9. The summed E-state index contributed by atoms with van der Waals surface area (Å²) in [7, 11) is 1.24. The summed E-state index contributed by atoms with van der Waals surface area (Å²) in [4.78, 5) is 23.1. The molecular formula is C12H20BrNO4. The largest absolute Gasteiger partial charge is 0.467 e. The number of hydrogen-bond donors (Lipinski definition) is 2. The van der Waals surface area contributed by atoms with Crippen LogP contribution in [0.1, 0.15) is 26.7 Å². The minimum Gasteiger partial charge on any atom is -0.467 e. The van der Waals surface area contributed by atoms with Gasteiger partial charge >= 0.3 is 5.97 Å². The van der Waals surface area contributed by atoms with E-state index in [9.17, 15) is 14.7 Å². The molecule has 0 rings (SSSR count). The van der Waals surface area contributed by atoms with E-state index in [0.717, 1.165) is 0 Å². The van der Waals surface area contributed by atoms with Gasteiger partial charge in [0, 0.05) is 6.42 Å². The van der Waals surface area contributed by atoms with Crippen molar-refractivity contribution in [3.8, 4) is 0 Å². The molecule has 0 radical (unpaired) electrons. The van der Waals surface area contributed by atoms with Crippen molar-refractivity contribution in [3.63, 3.8) is 0 Å². The van der Waals surface area contributed by atoms with Gasteiger partial charge in [0.15, 0.2) is 0 Å². The summed E-state index contributed by atoms with van der Waals surface area (Å²) < 4.78 is 5.14. The molecule has 0 spiro atoms. The molecule has 0 aromatic carbocycles. The molecule has 0 heterocycles. The van der Waals surface area contributed by atoms with E-state index in [-0.39, 0.29) is 12.3 Å². The number of esters is 1. The van der Waals surface area contributed by atoms with Crippen LogP contribution in [0, 0.1) is 5.92 Å². The Labute approximate surface area is 116 Å². The molecule has 0 aliphatic carbocycles. The molecule has 0 bridgehead atoms. The molecule has 0 unspecified atom stereocenters. The third-order valence-corrected chi connectivity index (χ3v) is 2.55. The second-order valence-corrected chi connectivity index (χ2v) is 5.57. The molecule has 0 aliphatic heterocycles. The predicted molar refractivity (Wildman–Crippen MR) is 72.1 cm³/mol. The van der Waals surface area contributed by atoms with E-state index in [1.807, 2.05) is 13.8 Å². The van der Waals surface area contributed by atoms with Gasteiger partial charge in [0.2, 0.25) is 5.91 Å². The molecule has 0 saturated heterocycles. The molecule has 5 nitrogen and oxygen atoms in total. The van der Waals surface area contributed by atoms with Crippen molar-refractivity contribution in [1.82, 2.24) is 5.32 Å². The van der Waals surface area contributed by atoms with Crippen LogP contribution < -0.4 is 5.32 Å². The highest BCUT2D eigenvalue weighted by Gasteiger charge is 2.25. The van der Waals surface area contributed by atoms with E-state index >= 15 is 0 Å². The van der Waals surface area contributed by atoms with Gasteiger partial charge in [-0.15, -0.1) is 0 Å². The Morgan fingerprint density at radius 3 is 2.39 bits per heavy atom. The number of carbonyl (C=O) groups is 2. The number of methoxy groups -OCH3 is 1. The Kier molecular flexibility index (Phi) is 7.86. The maximum Gasteiger partial charge on any atom is 0.328 e. The number of carbonyl (C=O) groups excluding carboxylic acids is 2. The first-order chi connectivity index (χ1) is 8.27. The van der Waals surface area contributed by atoms with Gasteiger partial charge in [-0.1, -0.05) is 36.4 Å². The molecular weight excluding hydrogens is 302 g/mol. The Morgan fingerprint density at radius 2 is 2.00 bits per heavy atom. The zero-order chi connectivity index (χ0) is 14.3. The van der Waals surface area contributed by atoms with E-state index < -0.39 is 24.0 Å². The normalized spacial score (nSPS) is 13.9. The molecule has 0 aromatic heterocycles. The van der Waals surface area contributed by atoms with Gasteiger partial charge in [-0.3, -0.25) is 4.79 Å². The number of amides is 1.